The van der Waals surface area contributed by atoms with E-state index in [1.807, 2.05) is 7.05 Å². The van der Waals surface area contributed by atoms with Crippen LogP contribution >= 0.6 is 0 Å². The molecule has 3 rings (SSSR count). The molecular formula is C25H41N3O5S. The third kappa shape index (κ3) is 6.71. The summed E-state index contributed by atoms with van der Waals surface area (Å²) < 4.78 is 38.6. The lowest BCUT2D eigenvalue weighted by Gasteiger charge is -2.32. The Balaban J connectivity index is 1.42. The Morgan fingerprint density at radius 1 is 1.09 bits per heavy atom. The number of fused-ring (bicyclic) bond motifs is 1. The van der Waals surface area contributed by atoms with E-state index in [0.29, 0.717) is 35.1 Å². The van der Waals surface area contributed by atoms with Crippen molar-refractivity contribution in [3.8, 4) is 5.75 Å². The van der Waals surface area contributed by atoms with Crippen molar-refractivity contribution in [2.45, 2.75) is 43.9 Å². The van der Waals surface area contributed by atoms with E-state index < -0.39 is 10.0 Å². The maximum Gasteiger partial charge on any atom is 0.248 e. The predicted octanol–water partition coefficient (Wildman–Crippen LogP) is 2.39. The van der Waals surface area contributed by atoms with Gasteiger partial charge in [-0.2, -0.15) is 4.31 Å². The molecule has 1 aromatic rings. The van der Waals surface area contributed by atoms with Gasteiger partial charge in [0.05, 0.1) is 18.6 Å². The van der Waals surface area contributed by atoms with Gasteiger partial charge in [0.2, 0.25) is 15.9 Å². The zero-order valence-corrected chi connectivity index (χ0v) is 22.2. The number of hydrogen-bond donors (Lipinski definition) is 0. The first-order valence-electron chi connectivity index (χ1n) is 12.3. The molecule has 0 radical (unpaired) electrons. The third-order valence-electron chi connectivity index (χ3n) is 7.05. The van der Waals surface area contributed by atoms with E-state index in [-0.39, 0.29) is 25.7 Å². The number of nitrogens with zero attached hydrogens (tertiary/aromatic N) is 3. The molecule has 192 valence electrons. The maximum atomic E-state index is 13.1. The summed E-state index contributed by atoms with van der Waals surface area (Å²) in [5.74, 6) is 1.94. The van der Waals surface area contributed by atoms with Crippen LogP contribution in [0.2, 0.25) is 0 Å². The highest BCUT2D eigenvalue weighted by Crippen LogP contribution is 2.32. The summed E-state index contributed by atoms with van der Waals surface area (Å²) in [6, 6.07) is 3.55. The Hall–Kier alpha value is -1.68. The Bertz CT molecular complexity index is 942. The second kappa shape index (κ2) is 11.8. The average molecular weight is 496 g/mol. The lowest BCUT2D eigenvalue weighted by atomic mass is 9.81. The number of methoxy groups -OCH3 is 1. The molecule has 0 saturated heterocycles. The largest absolute Gasteiger partial charge is 0.497 e. The van der Waals surface area contributed by atoms with Crippen molar-refractivity contribution in [3.63, 3.8) is 0 Å². The molecule has 1 aromatic carbocycles. The number of ether oxygens (including phenoxy) is 2. The minimum absolute atomic E-state index is 0.0207. The number of likely N-dealkylation sites (N-methyl/N-ethyl adjacent to an activating group) is 1. The average Bonchev–Trinajstić information content (AvgIpc) is 2.77. The van der Waals surface area contributed by atoms with E-state index >= 15 is 0 Å². The Morgan fingerprint density at radius 3 is 2.35 bits per heavy atom. The molecule has 1 heterocycles. The smallest absolute Gasteiger partial charge is 0.248 e. The molecule has 1 aliphatic heterocycles. The fourth-order valence-electron chi connectivity index (χ4n) is 5.25. The van der Waals surface area contributed by atoms with Crippen LogP contribution in [0.1, 0.15) is 36.8 Å². The number of benzene rings is 1. The molecular weight excluding hydrogens is 454 g/mol. The zero-order valence-electron chi connectivity index (χ0n) is 21.4. The number of hydrogen-bond acceptors (Lipinski definition) is 6. The third-order valence-corrected chi connectivity index (χ3v) is 9.19. The van der Waals surface area contributed by atoms with Gasteiger partial charge in [-0.1, -0.05) is 0 Å². The van der Waals surface area contributed by atoms with Gasteiger partial charge in [0.25, 0.3) is 0 Å². The minimum atomic E-state index is -3.59. The number of sulfonamides is 1. The van der Waals surface area contributed by atoms with Crippen LogP contribution in [0.3, 0.4) is 0 Å². The molecule has 0 spiro atoms. The molecule has 0 N–H and O–H groups in total. The van der Waals surface area contributed by atoms with Crippen LogP contribution in [-0.2, 0) is 26.0 Å². The van der Waals surface area contributed by atoms with Gasteiger partial charge in [-0.15, -0.1) is 0 Å². The lowest BCUT2D eigenvalue weighted by Crippen LogP contribution is -2.40. The SMILES string of the molecule is COc1cc(C)c2c(c1)CCN(CCOCC(=O)N(C)CC1CCC(CN(C)C)CC1)S2(=O)=O. The first-order chi connectivity index (χ1) is 16.1. The molecule has 1 amide bonds. The van der Waals surface area contributed by atoms with Gasteiger partial charge in [0.1, 0.15) is 12.4 Å². The molecule has 34 heavy (non-hydrogen) atoms. The van der Waals surface area contributed by atoms with Crippen LogP contribution in [0.4, 0.5) is 0 Å². The molecule has 0 atom stereocenters. The van der Waals surface area contributed by atoms with Crippen LogP contribution in [0, 0.1) is 18.8 Å². The quantitative estimate of drug-likeness (QED) is 0.464. The van der Waals surface area contributed by atoms with Gasteiger partial charge in [-0.25, -0.2) is 8.42 Å². The summed E-state index contributed by atoms with van der Waals surface area (Å²) in [6.45, 7) is 4.50. The number of aryl methyl sites for hydroxylation is 1. The summed E-state index contributed by atoms with van der Waals surface area (Å²) in [6.07, 6.45) is 5.40. The van der Waals surface area contributed by atoms with Crippen LogP contribution < -0.4 is 4.74 Å². The van der Waals surface area contributed by atoms with E-state index in [0.717, 1.165) is 37.4 Å². The van der Waals surface area contributed by atoms with Crippen molar-refractivity contribution >= 4 is 15.9 Å². The molecule has 0 aromatic heterocycles. The van der Waals surface area contributed by atoms with E-state index in [4.69, 9.17) is 9.47 Å². The van der Waals surface area contributed by atoms with E-state index in [1.165, 1.54) is 17.1 Å². The summed E-state index contributed by atoms with van der Waals surface area (Å²) >= 11 is 0. The summed E-state index contributed by atoms with van der Waals surface area (Å²) in [5.41, 5.74) is 1.48. The number of rotatable bonds is 10. The van der Waals surface area contributed by atoms with E-state index in [2.05, 4.69) is 19.0 Å². The van der Waals surface area contributed by atoms with E-state index in [9.17, 15) is 13.2 Å². The van der Waals surface area contributed by atoms with Gasteiger partial charge in [0.15, 0.2) is 0 Å². The van der Waals surface area contributed by atoms with Crippen molar-refractivity contribution in [2.75, 3.05) is 67.6 Å². The molecule has 0 bridgehead atoms. The highest BCUT2D eigenvalue weighted by atomic mass is 32.2. The summed E-state index contributed by atoms with van der Waals surface area (Å²) in [7, 11) is 4.07. The lowest BCUT2D eigenvalue weighted by molar-refractivity contribution is -0.135. The summed E-state index contributed by atoms with van der Waals surface area (Å²) in [5, 5.41) is 0. The Morgan fingerprint density at radius 2 is 1.74 bits per heavy atom. The normalized spacial score (nSPS) is 22.4. The monoisotopic (exact) mass is 495 g/mol. The van der Waals surface area contributed by atoms with Crippen molar-refractivity contribution < 1.29 is 22.7 Å². The van der Waals surface area contributed by atoms with Gasteiger partial charge >= 0.3 is 0 Å². The van der Waals surface area contributed by atoms with Crippen molar-refractivity contribution in [3.05, 3.63) is 23.3 Å². The zero-order chi connectivity index (χ0) is 24.9. The molecule has 1 aliphatic carbocycles. The first kappa shape index (κ1) is 26.9. The Kier molecular flexibility index (Phi) is 9.37. The second-order valence-corrected chi connectivity index (χ2v) is 11.9. The Labute approximate surface area is 205 Å². The molecule has 9 heteroatoms. The van der Waals surface area contributed by atoms with Crippen LogP contribution in [0.25, 0.3) is 0 Å². The number of carbonyl (C=O) groups is 1. The fourth-order valence-corrected chi connectivity index (χ4v) is 7.11. The molecule has 0 unspecified atom stereocenters. The van der Waals surface area contributed by atoms with Gasteiger partial charge in [0, 0.05) is 33.2 Å². The van der Waals surface area contributed by atoms with Gasteiger partial charge in [-0.05, 0) is 88.2 Å². The standard InChI is InChI=1S/C25H41N3O5S/c1-19-14-23(32-5)15-22-10-11-28(34(30,31)25(19)22)12-13-33-18-24(29)27(4)17-21-8-6-20(7-9-21)16-26(2)3/h14-15,20-21H,6-13,16-18H2,1-5H3. The van der Waals surface area contributed by atoms with Crippen LogP contribution in [0.15, 0.2) is 17.0 Å². The predicted molar refractivity (Wildman–Crippen MR) is 133 cm³/mol. The fraction of sp³-hybridized carbons (Fsp3) is 0.720. The van der Waals surface area contributed by atoms with Crippen molar-refractivity contribution in [1.29, 1.82) is 0 Å². The van der Waals surface area contributed by atoms with Crippen LogP contribution in [-0.4, -0.2) is 96.1 Å². The number of carbonyl (C=O) groups excluding carboxylic acids is 1. The number of amides is 1. The first-order valence-corrected chi connectivity index (χ1v) is 13.7. The second-order valence-electron chi connectivity index (χ2n) is 10.1. The molecule has 1 saturated carbocycles. The molecule has 1 fully saturated rings. The van der Waals surface area contributed by atoms with Crippen molar-refractivity contribution in [2.24, 2.45) is 11.8 Å². The maximum absolute atomic E-state index is 13.1. The molecule has 8 nitrogen and oxygen atoms in total. The highest BCUT2D eigenvalue weighted by Gasteiger charge is 2.33. The van der Waals surface area contributed by atoms with Gasteiger partial charge < -0.3 is 19.3 Å². The topological polar surface area (TPSA) is 79.4 Å². The van der Waals surface area contributed by atoms with E-state index in [1.54, 1.807) is 31.1 Å². The molecule has 2 aliphatic rings. The summed E-state index contributed by atoms with van der Waals surface area (Å²) in [4.78, 5) is 16.9. The van der Waals surface area contributed by atoms with Crippen LogP contribution in [0.5, 0.6) is 5.75 Å². The van der Waals surface area contributed by atoms with Gasteiger partial charge in [-0.3, -0.25) is 4.79 Å². The van der Waals surface area contributed by atoms with Crippen molar-refractivity contribution in [1.82, 2.24) is 14.1 Å². The minimum Gasteiger partial charge on any atom is -0.497 e. The highest BCUT2D eigenvalue weighted by molar-refractivity contribution is 7.89.